The van der Waals surface area contributed by atoms with Crippen molar-refractivity contribution < 1.29 is 28.8 Å². The molecule has 0 aliphatic rings. The standard InChI is InChI=1S/C17H13NO7/c1-24-16(20)12-7-13(9-14(8-12)18(22)23)17(21)25-10-15(19)11-5-3-2-4-6-11/h2-9H,10H2,1H3. The fourth-order valence-electron chi connectivity index (χ4n) is 1.99. The molecule has 0 aromatic heterocycles. The van der Waals surface area contributed by atoms with Gasteiger partial charge in [-0.3, -0.25) is 14.9 Å². The van der Waals surface area contributed by atoms with E-state index in [0.29, 0.717) is 5.56 Å². The lowest BCUT2D eigenvalue weighted by Gasteiger charge is -2.06. The fraction of sp³-hybridized carbons (Fsp3) is 0.118. The maximum atomic E-state index is 12.1. The zero-order valence-corrected chi connectivity index (χ0v) is 13.1. The minimum atomic E-state index is -0.960. The van der Waals surface area contributed by atoms with E-state index in [1.807, 2.05) is 0 Å². The summed E-state index contributed by atoms with van der Waals surface area (Å²) in [6, 6.07) is 11.3. The van der Waals surface area contributed by atoms with E-state index < -0.39 is 34.9 Å². The number of nitrogens with zero attached hydrogens (tertiary/aromatic N) is 1. The predicted octanol–water partition coefficient (Wildman–Crippen LogP) is 2.42. The monoisotopic (exact) mass is 343 g/mol. The lowest BCUT2D eigenvalue weighted by molar-refractivity contribution is -0.384. The van der Waals surface area contributed by atoms with Crippen LogP contribution in [0.2, 0.25) is 0 Å². The first kappa shape index (κ1) is 17.8. The second-order valence-electron chi connectivity index (χ2n) is 4.88. The normalized spacial score (nSPS) is 9.96. The van der Waals surface area contributed by atoms with E-state index in [4.69, 9.17) is 4.74 Å². The second-order valence-corrected chi connectivity index (χ2v) is 4.88. The van der Waals surface area contributed by atoms with E-state index in [-0.39, 0.29) is 11.1 Å². The van der Waals surface area contributed by atoms with Crippen LogP contribution in [0.15, 0.2) is 48.5 Å². The van der Waals surface area contributed by atoms with E-state index >= 15 is 0 Å². The van der Waals surface area contributed by atoms with Gasteiger partial charge in [0.05, 0.1) is 23.2 Å². The smallest absolute Gasteiger partial charge is 0.338 e. The maximum absolute atomic E-state index is 12.1. The van der Waals surface area contributed by atoms with Crippen molar-refractivity contribution in [3.8, 4) is 0 Å². The molecular weight excluding hydrogens is 330 g/mol. The van der Waals surface area contributed by atoms with Gasteiger partial charge >= 0.3 is 11.9 Å². The Kier molecular flexibility index (Phi) is 5.57. The van der Waals surface area contributed by atoms with Crippen molar-refractivity contribution in [3.05, 3.63) is 75.3 Å². The number of carbonyl (C=O) groups excluding carboxylic acids is 3. The third kappa shape index (κ3) is 4.47. The van der Waals surface area contributed by atoms with Crippen molar-refractivity contribution in [2.24, 2.45) is 0 Å². The summed E-state index contributed by atoms with van der Waals surface area (Å²) in [6.07, 6.45) is 0. The molecular formula is C17H13NO7. The van der Waals surface area contributed by atoms with Gasteiger partial charge in [-0.15, -0.1) is 0 Å². The molecule has 8 heteroatoms. The molecule has 2 aromatic carbocycles. The molecule has 0 aliphatic heterocycles. The molecule has 0 saturated heterocycles. The SMILES string of the molecule is COC(=O)c1cc(C(=O)OCC(=O)c2ccccc2)cc([N+](=O)[O-])c1. The molecule has 0 spiro atoms. The van der Waals surface area contributed by atoms with Gasteiger partial charge in [-0.05, 0) is 6.07 Å². The highest BCUT2D eigenvalue weighted by molar-refractivity contribution is 6.00. The highest BCUT2D eigenvalue weighted by Gasteiger charge is 2.20. The van der Waals surface area contributed by atoms with Crippen LogP contribution < -0.4 is 0 Å². The van der Waals surface area contributed by atoms with Crippen LogP contribution in [-0.4, -0.2) is 36.4 Å². The number of benzene rings is 2. The molecule has 0 bridgehead atoms. The van der Waals surface area contributed by atoms with Crippen LogP contribution >= 0.6 is 0 Å². The Labute approximate surface area is 142 Å². The first-order valence-corrected chi connectivity index (χ1v) is 7.05. The van der Waals surface area contributed by atoms with Crippen LogP contribution in [0.5, 0.6) is 0 Å². The summed E-state index contributed by atoms with van der Waals surface area (Å²) in [5, 5.41) is 10.9. The van der Waals surface area contributed by atoms with Crippen LogP contribution in [-0.2, 0) is 9.47 Å². The van der Waals surface area contributed by atoms with Crippen LogP contribution in [0, 0.1) is 10.1 Å². The maximum Gasteiger partial charge on any atom is 0.338 e. The Morgan fingerprint density at radius 2 is 1.56 bits per heavy atom. The van der Waals surface area contributed by atoms with Crippen molar-refractivity contribution in [2.75, 3.05) is 13.7 Å². The van der Waals surface area contributed by atoms with E-state index in [2.05, 4.69) is 4.74 Å². The Morgan fingerprint density at radius 1 is 0.960 bits per heavy atom. The summed E-state index contributed by atoms with van der Waals surface area (Å²) >= 11 is 0. The third-order valence-electron chi connectivity index (χ3n) is 3.22. The number of esters is 2. The van der Waals surface area contributed by atoms with Crippen molar-refractivity contribution >= 4 is 23.4 Å². The van der Waals surface area contributed by atoms with E-state index in [1.54, 1.807) is 30.3 Å². The summed E-state index contributed by atoms with van der Waals surface area (Å²) < 4.78 is 9.38. The summed E-state index contributed by atoms with van der Waals surface area (Å²) in [5.74, 6) is -2.22. The number of methoxy groups -OCH3 is 1. The largest absolute Gasteiger partial charge is 0.465 e. The molecule has 0 aliphatic carbocycles. The van der Waals surface area contributed by atoms with E-state index in [0.717, 1.165) is 25.3 Å². The number of nitro groups is 1. The predicted molar refractivity (Wildman–Crippen MR) is 85.5 cm³/mol. The molecule has 2 aromatic rings. The molecule has 0 unspecified atom stereocenters. The number of hydrogen-bond acceptors (Lipinski definition) is 7. The van der Waals surface area contributed by atoms with Crippen LogP contribution in [0.3, 0.4) is 0 Å². The number of Topliss-reactive ketones (excluding diaryl/α,β-unsaturated/α-hetero) is 1. The number of hydrogen-bond donors (Lipinski definition) is 0. The van der Waals surface area contributed by atoms with Crippen LogP contribution in [0.25, 0.3) is 0 Å². The summed E-state index contributed by atoms with van der Waals surface area (Å²) in [5.41, 5.74) is -0.498. The summed E-state index contributed by atoms with van der Waals surface area (Å²) in [7, 11) is 1.11. The fourth-order valence-corrected chi connectivity index (χ4v) is 1.99. The third-order valence-corrected chi connectivity index (χ3v) is 3.22. The molecule has 25 heavy (non-hydrogen) atoms. The second kappa shape index (κ2) is 7.82. The zero-order valence-electron chi connectivity index (χ0n) is 13.1. The quantitative estimate of drug-likeness (QED) is 0.342. The molecule has 0 atom stereocenters. The van der Waals surface area contributed by atoms with Gasteiger partial charge in [-0.1, -0.05) is 30.3 Å². The van der Waals surface area contributed by atoms with Crippen LogP contribution in [0.4, 0.5) is 5.69 Å². The number of nitro benzene ring substituents is 1. The first-order chi connectivity index (χ1) is 11.9. The van der Waals surface area contributed by atoms with Crippen molar-refractivity contribution in [3.63, 3.8) is 0 Å². The first-order valence-electron chi connectivity index (χ1n) is 7.05. The lowest BCUT2D eigenvalue weighted by atomic mass is 10.1. The summed E-state index contributed by atoms with van der Waals surface area (Å²) in [4.78, 5) is 45.7. The van der Waals surface area contributed by atoms with Crippen LogP contribution in [0.1, 0.15) is 31.1 Å². The Morgan fingerprint density at radius 3 is 2.12 bits per heavy atom. The Bertz CT molecular complexity index is 830. The minimum Gasteiger partial charge on any atom is -0.465 e. The van der Waals surface area contributed by atoms with Gasteiger partial charge in [0.2, 0.25) is 0 Å². The molecule has 2 rings (SSSR count). The Balaban J connectivity index is 2.18. The minimum absolute atomic E-state index is 0.168. The average molecular weight is 343 g/mol. The van der Waals surface area contributed by atoms with Gasteiger partial charge < -0.3 is 9.47 Å². The average Bonchev–Trinajstić information content (AvgIpc) is 2.65. The van der Waals surface area contributed by atoms with Gasteiger partial charge in [-0.25, -0.2) is 9.59 Å². The number of ketones is 1. The molecule has 8 nitrogen and oxygen atoms in total. The molecule has 0 N–H and O–H groups in total. The van der Waals surface area contributed by atoms with E-state index in [1.165, 1.54) is 0 Å². The van der Waals surface area contributed by atoms with Gasteiger partial charge in [0.1, 0.15) is 0 Å². The van der Waals surface area contributed by atoms with Crippen molar-refractivity contribution in [1.29, 1.82) is 0 Å². The molecule has 0 amide bonds. The zero-order chi connectivity index (χ0) is 18.4. The number of ether oxygens (including phenoxy) is 2. The Hall–Kier alpha value is -3.55. The summed E-state index contributed by atoms with van der Waals surface area (Å²) in [6.45, 7) is -0.529. The topological polar surface area (TPSA) is 113 Å². The molecule has 0 radical (unpaired) electrons. The number of carbonyl (C=O) groups is 3. The molecule has 0 fully saturated rings. The van der Waals surface area contributed by atoms with Crippen molar-refractivity contribution in [2.45, 2.75) is 0 Å². The van der Waals surface area contributed by atoms with Gasteiger partial charge in [-0.2, -0.15) is 0 Å². The lowest BCUT2D eigenvalue weighted by Crippen LogP contribution is -2.15. The van der Waals surface area contributed by atoms with Gasteiger partial charge in [0.25, 0.3) is 5.69 Å². The molecule has 128 valence electrons. The van der Waals surface area contributed by atoms with Gasteiger partial charge in [0.15, 0.2) is 12.4 Å². The molecule has 0 saturated carbocycles. The highest BCUT2D eigenvalue weighted by Crippen LogP contribution is 2.19. The molecule has 0 heterocycles. The van der Waals surface area contributed by atoms with Crippen molar-refractivity contribution in [1.82, 2.24) is 0 Å². The van der Waals surface area contributed by atoms with E-state index in [9.17, 15) is 24.5 Å². The van der Waals surface area contributed by atoms with Gasteiger partial charge in [0, 0.05) is 17.7 Å². The number of rotatable bonds is 6. The highest BCUT2D eigenvalue weighted by atomic mass is 16.6. The number of non-ortho nitro benzene ring substituents is 1.